The van der Waals surface area contributed by atoms with E-state index in [2.05, 4.69) is 54.8 Å². The van der Waals surface area contributed by atoms with Gasteiger partial charge in [-0.05, 0) is 35.7 Å². The van der Waals surface area contributed by atoms with Gasteiger partial charge in [0.1, 0.15) is 6.33 Å². The highest BCUT2D eigenvalue weighted by Crippen LogP contribution is 2.23. The highest BCUT2D eigenvalue weighted by molar-refractivity contribution is 5.89. The quantitative estimate of drug-likeness (QED) is 0.744. The summed E-state index contributed by atoms with van der Waals surface area (Å²) in [5.41, 5.74) is 4.20. The molecule has 136 valence electrons. The molecule has 27 heavy (non-hydrogen) atoms. The van der Waals surface area contributed by atoms with Crippen molar-refractivity contribution in [3.63, 3.8) is 0 Å². The lowest BCUT2D eigenvalue weighted by Crippen LogP contribution is -2.31. The topological polar surface area (TPSA) is 83.0 Å². The Kier molecular flexibility index (Phi) is 4.65. The Bertz CT molecular complexity index is 974. The molecule has 1 amide bonds. The molecule has 7 nitrogen and oxygen atoms in total. The number of amides is 1. The second kappa shape index (κ2) is 7.41. The zero-order valence-electron chi connectivity index (χ0n) is 15.0. The third kappa shape index (κ3) is 4.03. The molecule has 1 aliphatic rings. The first-order valence-electron chi connectivity index (χ1n) is 8.83. The van der Waals surface area contributed by atoms with Crippen LogP contribution >= 0.6 is 0 Å². The largest absolute Gasteiger partial charge is 0.336 e. The lowest BCUT2D eigenvalue weighted by Gasteiger charge is -2.28. The van der Waals surface area contributed by atoms with Crippen LogP contribution in [0.5, 0.6) is 0 Å². The standard InChI is InChI=1S/C20H20N6O/c1-14(27)23-17-7-4-8-18(11-17)24-19-21-13-22-20(25-19)26-10-9-15-5-2-3-6-16(15)12-26/h2-8,11,13H,9-10,12H2,1H3,(H,23,27)(H,21,22,24,25). The van der Waals surface area contributed by atoms with E-state index in [1.807, 2.05) is 24.3 Å². The Hall–Kier alpha value is -3.48. The minimum absolute atomic E-state index is 0.111. The lowest BCUT2D eigenvalue weighted by atomic mass is 10.0. The normalized spacial score (nSPS) is 13.0. The maximum Gasteiger partial charge on any atom is 0.232 e. The van der Waals surface area contributed by atoms with E-state index in [0.29, 0.717) is 11.9 Å². The molecule has 1 aliphatic heterocycles. The van der Waals surface area contributed by atoms with Crippen molar-refractivity contribution in [2.75, 3.05) is 22.1 Å². The van der Waals surface area contributed by atoms with E-state index < -0.39 is 0 Å². The van der Waals surface area contributed by atoms with Crippen molar-refractivity contribution in [3.05, 3.63) is 66.0 Å². The van der Waals surface area contributed by atoms with Crippen molar-refractivity contribution in [2.24, 2.45) is 0 Å². The number of rotatable bonds is 4. The van der Waals surface area contributed by atoms with Crippen LogP contribution in [-0.4, -0.2) is 27.4 Å². The Morgan fingerprint density at radius 2 is 1.85 bits per heavy atom. The molecule has 7 heteroatoms. The monoisotopic (exact) mass is 360 g/mol. The van der Waals surface area contributed by atoms with Crippen LogP contribution < -0.4 is 15.5 Å². The summed E-state index contributed by atoms with van der Waals surface area (Å²) in [5, 5.41) is 5.94. The summed E-state index contributed by atoms with van der Waals surface area (Å²) in [6, 6.07) is 15.9. The minimum atomic E-state index is -0.111. The maximum absolute atomic E-state index is 11.2. The van der Waals surface area contributed by atoms with Gasteiger partial charge in [0.25, 0.3) is 0 Å². The fourth-order valence-corrected chi connectivity index (χ4v) is 3.17. The number of aromatic nitrogens is 3. The van der Waals surface area contributed by atoms with E-state index in [9.17, 15) is 4.79 Å². The average Bonchev–Trinajstić information content (AvgIpc) is 2.67. The molecule has 3 aromatic rings. The van der Waals surface area contributed by atoms with E-state index in [1.165, 1.54) is 24.4 Å². The summed E-state index contributed by atoms with van der Waals surface area (Å²) >= 11 is 0. The van der Waals surface area contributed by atoms with Gasteiger partial charge in [-0.1, -0.05) is 30.3 Å². The number of anilines is 4. The van der Waals surface area contributed by atoms with Crippen LogP contribution in [0.2, 0.25) is 0 Å². The van der Waals surface area contributed by atoms with Gasteiger partial charge in [-0.25, -0.2) is 9.97 Å². The van der Waals surface area contributed by atoms with E-state index in [4.69, 9.17) is 0 Å². The molecule has 0 spiro atoms. The summed E-state index contributed by atoms with van der Waals surface area (Å²) < 4.78 is 0. The molecule has 0 radical (unpaired) electrons. The van der Waals surface area contributed by atoms with Gasteiger partial charge in [0, 0.05) is 31.4 Å². The number of hydrogen-bond donors (Lipinski definition) is 2. The van der Waals surface area contributed by atoms with Crippen molar-refractivity contribution in [1.82, 2.24) is 15.0 Å². The molecule has 0 saturated carbocycles. The van der Waals surface area contributed by atoms with Gasteiger partial charge in [0.05, 0.1) is 0 Å². The number of fused-ring (bicyclic) bond motifs is 1. The van der Waals surface area contributed by atoms with Gasteiger partial charge in [0.2, 0.25) is 17.8 Å². The summed E-state index contributed by atoms with van der Waals surface area (Å²) in [6.07, 6.45) is 2.49. The molecule has 2 aromatic carbocycles. The molecule has 0 unspecified atom stereocenters. The fourth-order valence-electron chi connectivity index (χ4n) is 3.17. The molecular weight excluding hydrogens is 340 g/mol. The second-order valence-electron chi connectivity index (χ2n) is 6.44. The van der Waals surface area contributed by atoms with Gasteiger partial charge in [-0.15, -0.1) is 0 Å². The van der Waals surface area contributed by atoms with Crippen LogP contribution in [0.25, 0.3) is 0 Å². The Morgan fingerprint density at radius 1 is 1.04 bits per heavy atom. The Balaban J connectivity index is 1.51. The number of carbonyl (C=O) groups is 1. The van der Waals surface area contributed by atoms with E-state index in [0.717, 1.165) is 30.9 Å². The van der Waals surface area contributed by atoms with Crippen molar-refractivity contribution in [1.29, 1.82) is 0 Å². The number of nitrogens with zero attached hydrogens (tertiary/aromatic N) is 4. The zero-order chi connectivity index (χ0) is 18.6. The maximum atomic E-state index is 11.2. The summed E-state index contributed by atoms with van der Waals surface area (Å²) in [4.78, 5) is 26.5. The molecule has 2 heterocycles. The van der Waals surface area contributed by atoms with E-state index >= 15 is 0 Å². The predicted molar refractivity (Wildman–Crippen MR) is 105 cm³/mol. The molecule has 0 fully saturated rings. The van der Waals surface area contributed by atoms with Crippen molar-refractivity contribution in [2.45, 2.75) is 19.9 Å². The zero-order valence-corrected chi connectivity index (χ0v) is 15.0. The highest BCUT2D eigenvalue weighted by Gasteiger charge is 2.18. The summed E-state index contributed by atoms with van der Waals surface area (Å²) in [6.45, 7) is 3.14. The van der Waals surface area contributed by atoms with Crippen LogP contribution in [0.3, 0.4) is 0 Å². The van der Waals surface area contributed by atoms with E-state index in [1.54, 1.807) is 0 Å². The molecule has 1 aromatic heterocycles. The molecule has 0 saturated heterocycles. The first-order chi connectivity index (χ1) is 13.2. The van der Waals surface area contributed by atoms with Crippen molar-refractivity contribution >= 4 is 29.2 Å². The number of carbonyl (C=O) groups excluding carboxylic acids is 1. The lowest BCUT2D eigenvalue weighted by molar-refractivity contribution is -0.114. The van der Waals surface area contributed by atoms with Gasteiger partial charge >= 0.3 is 0 Å². The van der Waals surface area contributed by atoms with Crippen molar-refractivity contribution < 1.29 is 4.79 Å². The third-order valence-electron chi connectivity index (χ3n) is 4.41. The van der Waals surface area contributed by atoms with E-state index in [-0.39, 0.29) is 5.91 Å². The van der Waals surface area contributed by atoms with Crippen LogP contribution in [0.1, 0.15) is 18.1 Å². The molecule has 2 N–H and O–H groups in total. The summed E-state index contributed by atoms with van der Waals surface area (Å²) in [5.74, 6) is 1.01. The van der Waals surface area contributed by atoms with Crippen LogP contribution in [0.4, 0.5) is 23.3 Å². The number of nitrogens with one attached hydrogen (secondary N) is 2. The highest BCUT2D eigenvalue weighted by atomic mass is 16.1. The van der Waals surface area contributed by atoms with Gasteiger partial charge < -0.3 is 15.5 Å². The molecule has 0 bridgehead atoms. The molecule has 0 atom stereocenters. The molecule has 0 aliphatic carbocycles. The Morgan fingerprint density at radius 3 is 2.70 bits per heavy atom. The first-order valence-corrected chi connectivity index (χ1v) is 8.83. The fraction of sp³-hybridized carbons (Fsp3) is 0.200. The van der Waals surface area contributed by atoms with Gasteiger partial charge in [-0.2, -0.15) is 4.98 Å². The number of hydrogen-bond acceptors (Lipinski definition) is 6. The average molecular weight is 360 g/mol. The van der Waals surface area contributed by atoms with Crippen LogP contribution in [0.15, 0.2) is 54.9 Å². The smallest absolute Gasteiger partial charge is 0.232 e. The summed E-state index contributed by atoms with van der Waals surface area (Å²) in [7, 11) is 0. The Labute approximate surface area is 157 Å². The molecule has 4 rings (SSSR count). The predicted octanol–water partition coefficient (Wildman–Crippen LogP) is 3.14. The second-order valence-corrected chi connectivity index (χ2v) is 6.44. The van der Waals surface area contributed by atoms with Crippen LogP contribution in [-0.2, 0) is 17.8 Å². The van der Waals surface area contributed by atoms with Gasteiger partial charge in [-0.3, -0.25) is 4.79 Å². The first kappa shape index (κ1) is 17.0. The third-order valence-corrected chi connectivity index (χ3v) is 4.41. The minimum Gasteiger partial charge on any atom is -0.336 e. The molecular formula is C20H20N6O. The number of benzene rings is 2. The SMILES string of the molecule is CC(=O)Nc1cccc(Nc2ncnc(N3CCc4ccccc4C3)n2)c1. The van der Waals surface area contributed by atoms with Gasteiger partial charge in [0.15, 0.2) is 0 Å². The van der Waals surface area contributed by atoms with Crippen LogP contribution in [0, 0.1) is 0 Å². The van der Waals surface area contributed by atoms with Crippen molar-refractivity contribution in [3.8, 4) is 0 Å².